The second-order valence-corrected chi connectivity index (χ2v) is 7.46. The van der Waals surface area contributed by atoms with Gasteiger partial charge in [-0.05, 0) is 32.6 Å². The van der Waals surface area contributed by atoms with Crippen molar-refractivity contribution in [1.82, 2.24) is 15.5 Å². The molecule has 0 saturated carbocycles. The maximum absolute atomic E-state index is 12.9. The lowest BCUT2D eigenvalue weighted by Gasteiger charge is -2.29. The molecule has 4 atom stereocenters. The monoisotopic (exact) mass is 411 g/mol. The van der Waals surface area contributed by atoms with E-state index in [4.69, 9.17) is 11.5 Å². The molecular formula is C19H33N5O5. The maximum atomic E-state index is 12.9. The lowest BCUT2D eigenvalue weighted by atomic mass is 9.96. The van der Waals surface area contributed by atoms with Crippen molar-refractivity contribution in [2.75, 3.05) is 13.1 Å². The van der Waals surface area contributed by atoms with Crippen molar-refractivity contribution in [1.29, 1.82) is 0 Å². The maximum Gasteiger partial charge on any atom is 0.245 e. The minimum atomic E-state index is -1.04. The van der Waals surface area contributed by atoms with E-state index in [2.05, 4.69) is 10.6 Å². The average Bonchev–Trinajstić information content (AvgIpc) is 3.18. The number of hydrogen-bond acceptors (Lipinski definition) is 6. The number of carbonyl (C=O) groups is 5. The molecule has 1 fully saturated rings. The Morgan fingerprint density at radius 1 is 1.14 bits per heavy atom. The minimum Gasteiger partial charge on any atom is -0.370 e. The first kappa shape index (κ1) is 24.5. The highest BCUT2D eigenvalue weighted by atomic mass is 16.2. The summed E-state index contributed by atoms with van der Waals surface area (Å²) < 4.78 is 0. The van der Waals surface area contributed by atoms with E-state index in [0.29, 0.717) is 19.4 Å². The molecule has 1 rings (SSSR count). The van der Waals surface area contributed by atoms with Crippen LogP contribution in [0.25, 0.3) is 0 Å². The van der Waals surface area contributed by atoms with Crippen molar-refractivity contribution < 1.29 is 24.0 Å². The number of Topliss-reactive ketones (excluding diaryl/α,β-unsaturated/α-hetero) is 1. The van der Waals surface area contributed by atoms with Gasteiger partial charge in [-0.1, -0.05) is 13.8 Å². The largest absolute Gasteiger partial charge is 0.370 e. The molecule has 29 heavy (non-hydrogen) atoms. The van der Waals surface area contributed by atoms with Gasteiger partial charge >= 0.3 is 0 Å². The van der Waals surface area contributed by atoms with E-state index >= 15 is 0 Å². The summed E-state index contributed by atoms with van der Waals surface area (Å²) in [6.45, 7) is 5.44. The summed E-state index contributed by atoms with van der Waals surface area (Å²) in [5.41, 5.74) is 10.4. The number of nitrogens with two attached hydrogens (primary N) is 2. The molecule has 4 amide bonds. The fourth-order valence-corrected chi connectivity index (χ4v) is 3.29. The summed E-state index contributed by atoms with van der Waals surface area (Å²) in [4.78, 5) is 62.1. The third kappa shape index (κ3) is 7.12. The number of ketones is 1. The predicted octanol–water partition coefficient (Wildman–Crippen LogP) is -1.19. The summed E-state index contributed by atoms with van der Waals surface area (Å²) in [6.07, 6.45) is 1.93. The van der Waals surface area contributed by atoms with Gasteiger partial charge in [0.1, 0.15) is 12.1 Å². The number of nitrogens with zero attached hydrogens (tertiary/aromatic N) is 1. The Labute approximate surface area is 171 Å². The van der Waals surface area contributed by atoms with Crippen LogP contribution in [0.1, 0.15) is 52.9 Å². The molecule has 164 valence electrons. The highest BCUT2D eigenvalue weighted by Gasteiger charge is 2.37. The van der Waals surface area contributed by atoms with E-state index in [-0.39, 0.29) is 37.0 Å². The molecule has 10 heteroatoms. The molecule has 0 aromatic carbocycles. The second-order valence-electron chi connectivity index (χ2n) is 7.46. The Morgan fingerprint density at radius 3 is 2.34 bits per heavy atom. The number of likely N-dealkylation sites (tertiary alicyclic amines) is 1. The number of rotatable bonds is 11. The zero-order valence-corrected chi connectivity index (χ0v) is 17.4. The van der Waals surface area contributed by atoms with Gasteiger partial charge in [0.2, 0.25) is 23.6 Å². The van der Waals surface area contributed by atoms with Crippen molar-refractivity contribution in [3.8, 4) is 0 Å². The molecule has 0 radical (unpaired) electrons. The van der Waals surface area contributed by atoms with Crippen LogP contribution in [-0.2, 0) is 24.0 Å². The van der Waals surface area contributed by atoms with Crippen LogP contribution in [0.2, 0.25) is 0 Å². The van der Waals surface area contributed by atoms with Crippen LogP contribution < -0.4 is 22.1 Å². The molecule has 2 unspecified atom stereocenters. The average molecular weight is 412 g/mol. The fraction of sp³-hybridized carbons (Fsp3) is 0.737. The molecular weight excluding hydrogens is 378 g/mol. The lowest BCUT2D eigenvalue weighted by Crippen LogP contribution is -2.55. The van der Waals surface area contributed by atoms with Gasteiger partial charge in [0, 0.05) is 18.9 Å². The summed E-state index contributed by atoms with van der Waals surface area (Å²) in [7, 11) is 0. The zero-order chi connectivity index (χ0) is 22.1. The van der Waals surface area contributed by atoms with Crippen molar-refractivity contribution in [2.45, 2.75) is 71.0 Å². The van der Waals surface area contributed by atoms with Crippen LogP contribution in [0, 0.1) is 5.92 Å². The molecule has 0 spiro atoms. The summed E-state index contributed by atoms with van der Waals surface area (Å²) in [5, 5.41) is 4.99. The van der Waals surface area contributed by atoms with Crippen molar-refractivity contribution in [3.63, 3.8) is 0 Å². The van der Waals surface area contributed by atoms with Crippen LogP contribution in [0.3, 0.4) is 0 Å². The topological polar surface area (TPSA) is 165 Å². The number of amides is 4. The van der Waals surface area contributed by atoms with Gasteiger partial charge in [0.05, 0.1) is 12.6 Å². The first-order chi connectivity index (χ1) is 13.6. The molecule has 6 N–H and O–H groups in total. The first-order valence-electron chi connectivity index (χ1n) is 10.0. The highest BCUT2D eigenvalue weighted by Crippen LogP contribution is 2.23. The van der Waals surface area contributed by atoms with E-state index < -0.39 is 35.8 Å². The van der Waals surface area contributed by atoms with Crippen molar-refractivity contribution >= 4 is 29.4 Å². The Hall–Kier alpha value is -2.49. The lowest BCUT2D eigenvalue weighted by molar-refractivity contribution is -0.141. The number of nitrogens with one attached hydrogen (secondary N) is 2. The van der Waals surface area contributed by atoms with E-state index in [1.54, 1.807) is 0 Å². The standard InChI is InChI=1S/C19H33N5O5/c1-4-11(2)17(27)14-6-5-9-24(14)19(29)12(3)22-18(28)13(7-8-15(21)25)23-16(26)10-20/h11-14H,4-10,20H2,1-3H3,(H2,21,25)(H,22,28)(H,23,26)/t11?,12?,13-,14-/m0/s1. The molecule has 1 saturated heterocycles. The smallest absolute Gasteiger partial charge is 0.245 e. The van der Waals surface area contributed by atoms with Crippen LogP contribution in [-0.4, -0.2) is 65.5 Å². The molecule has 0 bridgehead atoms. The third-order valence-corrected chi connectivity index (χ3v) is 5.21. The van der Waals surface area contributed by atoms with Crippen LogP contribution in [0.15, 0.2) is 0 Å². The summed E-state index contributed by atoms with van der Waals surface area (Å²) in [5.74, 6) is -2.24. The predicted molar refractivity (Wildman–Crippen MR) is 106 cm³/mol. The van der Waals surface area contributed by atoms with E-state index in [1.165, 1.54) is 11.8 Å². The van der Waals surface area contributed by atoms with Gasteiger partial charge in [0.15, 0.2) is 5.78 Å². The molecule has 10 nitrogen and oxygen atoms in total. The molecule has 1 aliphatic heterocycles. The Morgan fingerprint density at radius 2 is 1.79 bits per heavy atom. The van der Waals surface area contributed by atoms with Crippen molar-refractivity contribution in [3.05, 3.63) is 0 Å². The number of primary amides is 1. The van der Waals surface area contributed by atoms with Gasteiger partial charge in [-0.25, -0.2) is 0 Å². The Balaban J connectivity index is 2.79. The van der Waals surface area contributed by atoms with Gasteiger partial charge < -0.3 is 27.0 Å². The van der Waals surface area contributed by atoms with Gasteiger partial charge in [0.25, 0.3) is 0 Å². The van der Waals surface area contributed by atoms with Gasteiger partial charge in [-0.15, -0.1) is 0 Å². The van der Waals surface area contributed by atoms with Crippen LogP contribution in [0.4, 0.5) is 0 Å². The Bertz CT molecular complexity index is 638. The SMILES string of the molecule is CCC(C)C(=O)[C@@H]1CCCN1C(=O)C(C)NC(=O)[C@H](CCC(N)=O)NC(=O)CN. The molecule has 0 aromatic rings. The van der Waals surface area contributed by atoms with Gasteiger partial charge in [-0.2, -0.15) is 0 Å². The number of hydrogen-bond donors (Lipinski definition) is 4. The Kier molecular flexibility index (Phi) is 9.73. The normalized spacial score (nSPS) is 19.2. The third-order valence-electron chi connectivity index (χ3n) is 5.21. The summed E-state index contributed by atoms with van der Waals surface area (Å²) >= 11 is 0. The first-order valence-corrected chi connectivity index (χ1v) is 10.0. The van der Waals surface area contributed by atoms with E-state index in [1.807, 2.05) is 13.8 Å². The highest BCUT2D eigenvalue weighted by molar-refractivity contribution is 5.95. The minimum absolute atomic E-state index is 0.00728. The van der Waals surface area contributed by atoms with Gasteiger partial charge in [-0.3, -0.25) is 24.0 Å². The quantitative estimate of drug-likeness (QED) is 0.334. The second kappa shape index (κ2) is 11.5. The fourth-order valence-electron chi connectivity index (χ4n) is 3.29. The van der Waals surface area contributed by atoms with E-state index in [9.17, 15) is 24.0 Å². The van der Waals surface area contributed by atoms with Crippen LogP contribution in [0.5, 0.6) is 0 Å². The molecule has 1 aliphatic rings. The van der Waals surface area contributed by atoms with Crippen LogP contribution >= 0.6 is 0 Å². The molecule has 0 aliphatic carbocycles. The molecule has 0 aromatic heterocycles. The molecule has 1 heterocycles. The number of carbonyl (C=O) groups excluding carboxylic acids is 5. The summed E-state index contributed by atoms with van der Waals surface area (Å²) in [6, 6.07) is -2.40. The van der Waals surface area contributed by atoms with E-state index in [0.717, 1.165) is 6.42 Å². The zero-order valence-electron chi connectivity index (χ0n) is 17.4. The van der Waals surface area contributed by atoms with Crippen molar-refractivity contribution in [2.24, 2.45) is 17.4 Å².